The highest BCUT2D eigenvalue weighted by molar-refractivity contribution is 7.89. The average molecular weight is 363 g/mol. The van der Waals surface area contributed by atoms with E-state index < -0.39 is 28.3 Å². The van der Waals surface area contributed by atoms with Gasteiger partial charge in [0.2, 0.25) is 0 Å². The van der Waals surface area contributed by atoms with Crippen molar-refractivity contribution in [2.24, 2.45) is 0 Å². The molecule has 0 fully saturated rings. The van der Waals surface area contributed by atoms with E-state index in [1.54, 1.807) is 26.8 Å². The molecule has 132 valence electrons. The summed E-state index contributed by atoms with van der Waals surface area (Å²) in [6.45, 7) is 3.88. The maximum Gasteiger partial charge on any atom is 0.409 e. The molecule has 0 unspecified atom stereocenters. The van der Waals surface area contributed by atoms with Gasteiger partial charge in [-0.2, -0.15) is 18.0 Å². The van der Waals surface area contributed by atoms with E-state index in [1.807, 2.05) is 0 Å². The summed E-state index contributed by atoms with van der Waals surface area (Å²) in [6.07, 6.45) is -4.50. The summed E-state index contributed by atoms with van der Waals surface area (Å²) in [5.41, 5.74) is 2.74. The molecule has 2 aromatic rings. The van der Waals surface area contributed by atoms with E-state index in [0.717, 1.165) is 11.3 Å². The van der Waals surface area contributed by atoms with Gasteiger partial charge in [0.15, 0.2) is 22.2 Å². The quantitative estimate of drug-likeness (QED) is 0.803. The van der Waals surface area contributed by atoms with Crippen molar-refractivity contribution in [2.75, 3.05) is 0 Å². The summed E-state index contributed by atoms with van der Waals surface area (Å²) < 4.78 is 61.3. The molecule has 24 heavy (non-hydrogen) atoms. The summed E-state index contributed by atoms with van der Waals surface area (Å²) in [4.78, 5) is 4.56. The molecule has 0 spiro atoms. The van der Waals surface area contributed by atoms with Crippen LogP contribution in [0.1, 0.15) is 28.3 Å². The first-order chi connectivity index (χ1) is 11.0. The van der Waals surface area contributed by atoms with Gasteiger partial charge in [-0.3, -0.25) is 4.98 Å². The maximum absolute atomic E-state index is 12.3. The van der Waals surface area contributed by atoms with Crippen LogP contribution in [0.4, 0.5) is 13.2 Å². The van der Waals surface area contributed by atoms with Gasteiger partial charge in [0.25, 0.3) is 0 Å². The number of hydrogen-bond acceptors (Lipinski definition) is 6. The monoisotopic (exact) mass is 363 g/mol. The Morgan fingerprint density at radius 3 is 2.42 bits per heavy atom. The molecule has 2 heterocycles. The first-order valence-corrected chi connectivity index (χ1v) is 8.75. The third kappa shape index (κ3) is 4.98. The van der Waals surface area contributed by atoms with Crippen molar-refractivity contribution in [1.29, 1.82) is 0 Å². The molecule has 0 amide bonds. The van der Waals surface area contributed by atoms with Crippen LogP contribution in [0.25, 0.3) is 0 Å². The van der Waals surface area contributed by atoms with Crippen LogP contribution in [0, 0.1) is 20.8 Å². The number of rotatable bonds is 5. The smallest absolute Gasteiger partial charge is 0.258 e. The molecule has 2 aromatic heterocycles. The molecule has 0 N–H and O–H groups in total. The van der Waals surface area contributed by atoms with Crippen molar-refractivity contribution in [2.45, 2.75) is 45.0 Å². The third-order valence-corrected chi connectivity index (χ3v) is 4.64. The van der Waals surface area contributed by atoms with E-state index in [0.29, 0.717) is 16.1 Å². The summed E-state index contributed by atoms with van der Waals surface area (Å²) in [6, 6.07) is 1.77. The van der Waals surface area contributed by atoms with Crippen molar-refractivity contribution < 1.29 is 21.6 Å². The molecule has 0 saturated carbocycles. The highest BCUT2D eigenvalue weighted by Crippen LogP contribution is 2.19. The molecule has 7 nitrogen and oxygen atoms in total. The van der Waals surface area contributed by atoms with Crippen LogP contribution in [0.3, 0.4) is 0 Å². The predicted molar refractivity (Wildman–Crippen MR) is 78.6 cm³/mol. The molecule has 0 bridgehead atoms. The fourth-order valence-electron chi connectivity index (χ4n) is 2.30. The van der Waals surface area contributed by atoms with E-state index >= 15 is 0 Å². The molecule has 0 aliphatic heterocycles. The van der Waals surface area contributed by atoms with Gasteiger partial charge >= 0.3 is 6.18 Å². The molecule has 0 aromatic carbocycles. The summed E-state index contributed by atoms with van der Waals surface area (Å²) in [5.74, 6) is -1.14. The zero-order chi connectivity index (χ0) is 18.1. The molecular formula is C13H16F3N5O2S. The fraction of sp³-hybridized carbons (Fsp3) is 0.538. The Morgan fingerprint density at radius 2 is 1.83 bits per heavy atom. The van der Waals surface area contributed by atoms with Crippen molar-refractivity contribution >= 4 is 9.84 Å². The zero-order valence-corrected chi connectivity index (χ0v) is 14.1. The van der Waals surface area contributed by atoms with Crippen molar-refractivity contribution in [3.05, 3.63) is 34.4 Å². The number of halogens is 3. The Kier molecular flexibility index (Phi) is 4.92. The van der Waals surface area contributed by atoms with Gasteiger partial charge in [-0.15, -0.1) is 10.2 Å². The second kappa shape index (κ2) is 6.46. The number of aryl methyl sites for hydroxylation is 3. The second-order valence-electron chi connectivity index (χ2n) is 5.53. The minimum Gasteiger partial charge on any atom is -0.258 e. The Labute approximate surface area is 136 Å². The summed E-state index contributed by atoms with van der Waals surface area (Å²) in [5, 5.41) is 10.1. The molecule has 0 saturated heterocycles. The van der Waals surface area contributed by atoms with Gasteiger partial charge in [-0.1, -0.05) is 0 Å². The van der Waals surface area contributed by atoms with Gasteiger partial charge in [-0.25, -0.2) is 8.42 Å². The van der Waals surface area contributed by atoms with Crippen LogP contribution in [0.5, 0.6) is 0 Å². The molecule has 11 heteroatoms. The number of sulfone groups is 1. The predicted octanol–water partition coefficient (Wildman–Crippen LogP) is 1.67. The van der Waals surface area contributed by atoms with E-state index in [-0.39, 0.29) is 11.6 Å². The molecular weight excluding hydrogens is 347 g/mol. The Balaban J connectivity index is 2.15. The molecule has 0 aliphatic rings. The lowest BCUT2D eigenvalue weighted by molar-refractivity contribution is -0.145. The number of tetrazole rings is 1. The van der Waals surface area contributed by atoms with Gasteiger partial charge in [0.1, 0.15) is 5.75 Å². The van der Waals surface area contributed by atoms with Crippen LogP contribution in [0.15, 0.2) is 6.07 Å². The number of aromatic nitrogens is 5. The van der Waals surface area contributed by atoms with Crippen LogP contribution in [-0.2, 0) is 27.9 Å². The Bertz CT molecular complexity index is 823. The minimum atomic E-state index is -4.50. The van der Waals surface area contributed by atoms with Gasteiger partial charge in [0.05, 0.1) is 5.75 Å². The highest BCUT2D eigenvalue weighted by Gasteiger charge is 2.30. The lowest BCUT2D eigenvalue weighted by Gasteiger charge is -2.10. The van der Waals surface area contributed by atoms with Gasteiger partial charge in [0, 0.05) is 11.4 Å². The van der Waals surface area contributed by atoms with Crippen LogP contribution >= 0.6 is 0 Å². The Hall–Kier alpha value is -2.04. The first-order valence-electron chi connectivity index (χ1n) is 6.93. The van der Waals surface area contributed by atoms with Crippen molar-refractivity contribution in [3.8, 4) is 0 Å². The number of pyridine rings is 1. The number of alkyl halides is 3. The average Bonchev–Trinajstić information content (AvgIpc) is 2.77. The maximum atomic E-state index is 12.3. The topological polar surface area (TPSA) is 90.6 Å². The first kappa shape index (κ1) is 18.3. The van der Waals surface area contributed by atoms with E-state index in [2.05, 4.69) is 20.4 Å². The van der Waals surface area contributed by atoms with Crippen molar-refractivity contribution in [1.82, 2.24) is 25.2 Å². The minimum absolute atomic E-state index is 0.269. The number of hydrogen-bond donors (Lipinski definition) is 0. The molecule has 0 atom stereocenters. The SMILES string of the molecule is Cc1cc(C)c(CS(=O)(=O)Cc2nnn(CC(F)(F)F)n2)c(C)n1. The fourth-order valence-corrected chi connectivity index (χ4v) is 3.78. The van der Waals surface area contributed by atoms with Crippen LogP contribution in [-0.4, -0.2) is 39.8 Å². The Morgan fingerprint density at radius 1 is 1.17 bits per heavy atom. The highest BCUT2D eigenvalue weighted by atomic mass is 32.2. The summed E-state index contributed by atoms with van der Waals surface area (Å²) in [7, 11) is -3.68. The molecule has 0 aliphatic carbocycles. The van der Waals surface area contributed by atoms with E-state index in [4.69, 9.17) is 0 Å². The van der Waals surface area contributed by atoms with Gasteiger partial charge < -0.3 is 0 Å². The molecule has 0 radical (unpaired) electrons. The lowest BCUT2D eigenvalue weighted by Crippen LogP contribution is -2.20. The van der Waals surface area contributed by atoms with Crippen LogP contribution in [0.2, 0.25) is 0 Å². The summed E-state index contributed by atoms with van der Waals surface area (Å²) >= 11 is 0. The normalized spacial score (nSPS) is 12.6. The lowest BCUT2D eigenvalue weighted by atomic mass is 10.1. The number of nitrogens with zero attached hydrogens (tertiary/aromatic N) is 5. The van der Waals surface area contributed by atoms with Crippen molar-refractivity contribution in [3.63, 3.8) is 0 Å². The van der Waals surface area contributed by atoms with E-state index in [1.165, 1.54) is 0 Å². The zero-order valence-electron chi connectivity index (χ0n) is 13.3. The standard InChI is InChI=1S/C13H16F3N5O2S/c1-8-4-9(2)17-10(3)11(8)5-24(22,23)6-12-18-20-21(19-12)7-13(14,15)16/h4H,5-7H2,1-3H3. The van der Waals surface area contributed by atoms with E-state index in [9.17, 15) is 21.6 Å². The largest absolute Gasteiger partial charge is 0.409 e. The van der Waals surface area contributed by atoms with Gasteiger partial charge in [-0.05, 0) is 43.2 Å². The second-order valence-corrected chi connectivity index (χ2v) is 7.59. The third-order valence-electron chi connectivity index (χ3n) is 3.21. The van der Waals surface area contributed by atoms with Crippen LogP contribution < -0.4 is 0 Å². The molecule has 2 rings (SSSR count).